The van der Waals surface area contributed by atoms with Gasteiger partial charge in [0, 0.05) is 5.92 Å². The highest BCUT2D eigenvalue weighted by Crippen LogP contribution is 2.33. The van der Waals surface area contributed by atoms with Gasteiger partial charge in [0.05, 0.1) is 0 Å². The van der Waals surface area contributed by atoms with Crippen LogP contribution in [0.3, 0.4) is 0 Å². The Morgan fingerprint density at radius 1 is 0.583 bits per heavy atom. The molecule has 3 aromatic carbocycles. The summed E-state index contributed by atoms with van der Waals surface area (Å²) in [4.78, 5) is 0. The Hall–Kier alpha value is -2.34. The molecule has 0 nitrogen and oxygen atoms in total. The normalized spacial score (nSPS) is 12.8. The zero-order valence-electron chi connectivity index (χ0n) is 15.1. The highest BCUT2D eigenvalue weighted by molar-refractivity contribution is 5.44. The fourth-order valence-corrected chi connectivity index (χ4v) is 3.16. The van der Waals surface area contributed by atoms with E-state index < -0.39 is 0 Å². The quantitative estimate of drug-likeness (QED) is 0.486. The zero-order chi connectivity index (χ0) is 17.2. The first kappa shape index (κ1) is 16.5. The van der Waals surface area contributed by atoms with Crippen molar-refractivity contribution in [1.29, 1.82) is 0 Å². The van der Waals surface area contributed by atoms with E-state index in [4.69, 9.17) is 0 Å². The van der Waals surface area contributed by atoms with Gasteiger partial charge in [-0.25, -0.2) is 0 Å². The number of rotatable bonds is 3. The van der Waals surface area contributed by atoms with Crippen molar-refractivity contribution < 1.29 is 0 Å². The Morgan fingerprint density at radius 3 is 1.54 bits per heavy atom. The predicted octanol–water partition coefficient (Wildman–Crippen LogP) is 6.47. The molecular formula is C24H26. The molecule has 0 radical (unpaired) electrons. The molecule has 0 fully saturated rings. The number of benzene rings is 3. The van der Waals surface area contributed by atoms with Crippen molar-refractivity contribution in [3.8, 4) is 0 Å². The largest absolute Gasteiger partial charge is 0.0622 e. The van der Waals surface area contributed by atoms with Crippen LogP contribution in [-0.2, 0) is 5.41 Å². The van der Waals surface area contributed by atoms with Gasteiger partial charge in [-0.2, -0.15) is 0 Å². The van der Waals surface area contributed by atoms with Crippen molar-refractivity contribution in [2.24, 2.45) is 0 Å². The Labute approximate surface area is 146 Å². The van der Waals surface area contributed by atoms with E-state index in [1.54, 1.807) is 0 Å². The maximum atomic E-state index is 2.29. The fraction of sp³-hybridized carbons (Fsp3) is 0.250. The Balaban J connectivity index is 2.06. The molecule has 0 spiro atoms. The third-order valence-corrected chi connectivity index (χ3v) is 4.65. The first-order valence-electron chi connectivity index (χ1n) is 8.67. The lowest BCUT2D eigenvalue weighted by atomic mass is 9.82. The van der Waals surface area contributed by atoms with E-state index in [2.05, 4.69) is 107 Å². The van der Waals surface area contributed by atoms with E-state index in [1.165, 1.54) is 27.8 Å². The lowest BCUT2D eigenvalue weighted by Gasteiger charge is -2.22. The van der Waals surface area contributed by atoms with Crippen LogP contribution in [0.1, 0.15) is 54.5 Å². The molecular weight excluding hydrogens is 288 g/mol. The summed E-state index contributed by atoms with van der Waals surface area (Å²) < 4.78 is 0. The van der Waals surface area contributed by atoms with Crippen LogP contribution in [0.5, 0.6) is 0 Å². The zero-order valence-corrected chi connectivity index (χ0v) is 15.1. The van der Waals surface area contributed by atoms with Crippen molar-refractivity contribution in [2.45, 2.75) is 39.0 Å². The third-order valence-electron chi connectivity index (χ3n) is 4.65. The number of aryl methyl sites for hydroxylation is 1. The van der Waals surface area contributed by atoms with Crippen LogP contribution in [0.15, 0.2) is 78.9 Å². The number of hydrogen-bond acceptors (Lipinski definition) is 0. The summed E-state index contributed by atoms with van der Waals surface area (Å²) in [7, 11) is 0. The summed E-state index contributed by atoms with van der Waals surface area (Å²) in [5.41, 5.74) is 6.89. The van der Waals surface area contributed by atoms with Crippen molar-refractivity contribution in [1.82, 2.24) is 0 Å². The van der Waals surface area contributed by atoms with E-state index in [0.29, 0.717) is 0 Å². The fourth-order valence-electron chi connectivity index (χ4n) is 3.16. The summed E-state index contributed by atoms with van der Waals surface area (Å²) >= 11 is 0. The molecule has 1 unspecified atom stereocenters. The maximum Gasteiger partial charge on any atom is 0.0339 e. The predicted molar refractivity (Wildman–Crippen MR) is 104 cm³/mol. The van der Waals surface area contributed by atoms with Gasteiger partial charge in [-0.15, -0.1) is 0 Å². The number of hydrogen-bond donors (Lipinski definition) is 0. The molecule has 24 heavy (non-hydrogen) atoms. The molecule has 0 bridgehead atoms. The van der Waals surface area contributed by atoms with Gasteiger partial charge in [0.25, 0.3) is 0 Å². The Bertz CT molecular complexity index is 772. The average molecular weight is 314 g/mol. The second-order valence-electron chi connectivity index (χ2n) is 7.63. The molecule has 0 heterocycles. The van der Waals surface area contributed by atoms with Crippen molar-refractivity contribution >= 4 is 0 Å². The molecule has 0 aliphatic rings. The van der Waals surface area contributed by atoms with Crippen LogP contribution < -0.4 is 0 Å². The van der Waals surface area contributed by atoms with E-state index in [9.17, 15) is 0 Å². The van der Waals surface area contributed by atoms with Crippen LogP contribution in [-0.4, -0.2) is 0 Å². The molecule has 122 valence electrons. The van der Waals surface area contributed by atoms with Gasteiger partial charge in [-0.05, 0) is 34.6 Å². The lowest BCUT2D eigenvalue weighted by Crippen LogP contribution is -2.11. The SMILES string of the molecule is Cc1ccc(C(c2ccccc2)c2ccc(C(C)(C)C)cc2)cc1. The van der Waals surface area contributed by atoms with Gasteiger partial charge in [-0.1, -0.05) is 105 Å². The van der Waals surface area contributed by atoms with Gasteiger partial charge < -0.3 is 0 Å². The molecule has 0 aliphatic heterocycles. The van der Waals surface area contributed by atoms with Crippen LogP contribution in [0, 0.1) is 6.92 Å². The molecule has 0 saturated heterocycles. The summed E-state index contributed by atoms with van der Waals surface area (Å²) in [6.45, 7) is 8.92. The van der Waals surface area contributed by atoms with Crippen LogP contribution in [0.4, 0.5) is 0 Å². The summed E-state index contributed by atoms with van der Waals surface area (Å²) in [6.07, 6.45) is 0. The molecule has 1 atom stereocenters. The third kappa shape index (κ3) is 3.59. The highest BCUT2D eigenvalue weighted by atomic mass is 14.2. The van der Waals surface area contributed by atoms with E-state index in [0.717, 1.165) is 0 Å². The molecule has 0 N–H and O–H groups in total. The average Bonchev–Trinajstić information content (AvgIpc) is 2.58. The molecule has 0 aliphatic carbocycles. The standard InChI is InChI=1S/C24H26/c1-18-10-12-20(13-11-18)23(19-8-6-5-7-9-19)21-14-16-22(17-15-21)24(2,3)4/h5-17,23H,1-4H3. The highest BCUT2D eigenvalue weighted by Gasteiger charge is 2.18. The van der Waals surface area contributed by atoms with Gasteiger partial charge in [0.15, 0.2) is 0 Å². The molecule has 0 amide bonds. The van der Waals surface area contributed by atoms with E-state index in [-0.39, 0.29) is 11.3 Å². The van der Waals surface area contributed by atoms with E-state index in [1.807, 2.05) is 0 Å². The second-order valence-corrected chi connectivity index (χ2v) is 7.63. The minimum Gasteiger partial charge on any atom is -0.0622 e. The summed E-state index contributed by atoms with van der Waals surface area (Å²) in [6, 6.07) is 28.8. The lowest BCUT2D eigenvalue weighted by molar-refractivity contribution is 0.590. The summed E-state index contributed by atoms with van der Waals surface area (Å²) in [5, 5.41) is 0. The molecule has 0 aromatic heterocycles. The smallest absolute Gasteiger partial charge is 0.0339 e. The molecule has 3 aromatic rings. The minimum atomic E-state index is 0.185. The first-order chi connectivity index (χ1) is 11.4. The molecule has 0 heteroatoms. The van der Waals surface area contributed by atoms with Crippen molar-refractivity contribution in [3.63, 3.8) is 0 Å². The van der Waals surface area contributed by atoms with Crippen LogP contribution in [0.2, 0.25) is 0 Å². The van der Waals surface area contributed by atoms with Crippen LogP contribution in [0.25, 0.3) is 0 Å². The topological polar surface area (TPSA) is 0 Å². The Kier molecular flexibility index (Phi) is 4.57. The molecule has 3 rings (SSSR count). The second kappa shape index (κ2) is 6.65. The minimum absolute atomic E-state index is 0.185. The molecule has 0 saturated carbocycles. The Morgan fingerprint density at radius 2 is 1.04 bits per heavy atom. The van der Waals surface area contributed by atoms with Gasteiger partial charge >= 0.3 is 0 Å². The first-order valence-corrected chi connectivity index (χ1v) is 8.67. The van der Waals surface area contributed by atoms with Crippen molar-refractivity contribution in [2.75, 3.05) is 0 Å². The van der Waals surface area contributed by atoms with Gasteiger partial charge in [0.2, 0.25) is 0 Å². The van der Waals surface area contributed by atoms with Crippen LogP contribution >= 0.6 is 0 Å². The van der Waals surface area contributed by atoms with E-state index >= 15 is 0 Å². The van der Waals surface area contributed by atoms with Gasteiger partial charge in [-0.3, -0.25) is 0 Å². The van der Waals surface area contributed by atoms with Crippen molar-refractivity contribution in [3.05, 3.63) is 107 Å². The monoisotopic (exact) mass is 314 g/mol. The maximum absolute atomic E-state index is 2.29. The van der Waals surface area contributed by atoms with Gasteiger partial charge in [0.1, 0.15) is 0 Å². The summed E-state index contributed by atoms with van der Waals surface area (Å²) in [5.74, 6) is 0.279.